The van der Waals surface area contributed by atoms with Crippen LogP contribution in [0.5, 0.6) is 11.5 Å². The number of nitrogens with zero attached hydrogens (tertiary/aromatic N) is 1. The molecule has 1 aromatic heterocycles. The number of benzene rings is 3. The van der Waals surface area contributed by atoms with Crippen LogP contribution in [0.15, 0.2) is 60.7 Å². The number of methoxy groups -OCH3 is 1. The molecular weight excluding hydrogens is 481 g/mol. The van der Waals surface area contributed by atoms with Crippen molar-refractivity contribution < 1.29 is 19.4 Å². The monoisotopic (exact) mass is 499 g/mol. The summed E-state index contributed by atoms with van der Waals surface area (Å²) in [6.45, 7) is 0.248. The van der Waals surface area contributed by atoms with Crippen molar-refractivity contribution in [1.82, 2.24) is 4.98 Å². The number of carbonyl (C=O) groups is 1. The maximum Gasteiger partial charge on any atom is 0.307 e. The molecule has 0 aliphatic carbocycles. The number of ether oxygens (including phenoxy) is 2. The molecule has 4 aromatic rings. The van der Waals surface area contributed by atoms with E-state index in [0.29, 0.717) is 32.1 Å². The van der Waals surface area contributed by atoms with Crippen LogP contribution < -0.4 is 9.47 Å². The van der Waals surface area contributed by atoms with Crippen LogP contribution >= 0.6 is 34.5 Å². The highest BCUT2D eigenvalue weighted by Gasteiger charge is 2.14. The van der Waals surface area contributed by atoms with Crippen molar-refractivity contribution >= 4 is 62.4 Å². The fourth-order valence-corrected chi connectivity index (χ4v) is 4.69. The molecule has 1 heterocycles. The van der Waals surface area contributed by atoms with Crippen molar-refractivity contribution in [3.05, 3.63) is 86.8 Å². The topological polar surface area (TPSA) is 68.7 Å². The highest BCUT2D eigenvalue weighted by atomic mass is 35.5. The molecule has 0 spiro atoms. The second-order valence-corrected chi connectivity index (χ2v) is 9.04. The van der Waals surface area contributed by atoms with Crippen molar-refractivity contribution in [2.45, 2.75) is 13.0 Å². The lowest BCUT2D eigenvalue weighted by atomic mass is 10.1. The maximum absolute atomic E-state index is 11.5. The van der Waals surface area contributed by atoms with Gasteiger partial charge in [0.1, 0.15) is 11.6 Å². The predicted octanol–water partition coefficient (Wildman–Crippen LogP) is 7.21. The minimum Gasteiger partial charge on any atom is -0.493 e. The van der Waals surface area contributed by atoms with Crippen LogP contribution in [0.4, 0.5) is 0 Å². The standard InChI is InChI=1S/C25H19Cl2NO4S/c1-31-22-11-15(6-9-21(22)32-14-16-7-8-18(26)13-19(16)27)10-17(12-24(29)30)25-28-20-4-2-3-5-23(20)33-25/h2-11,13H,12,14H2,1H3,(H,29,30)/b17-10-. The van der Waals surface area contributed by atoms with Crippen molar-refractivity contribution in [1.29, 1.82) is 0 Å². The van der Waals surface area contributed by atoms with Crippen molar-refractivity contribution in [3.63, 3.8) is 0 Å². The molecule has 0 fully saturated rings. The molecule has 1 N–H and O–H groups in total. The van der Waals surface area contributed by atoms with Gasteiger partial charge in [-0.05, 0) is 53.6 Å². The first-order valence-electron chi connectivity index (χ1n) is 9.96. The van der Waals surface area contributed by atoms with Gasteiger partial charge in [-0.3, -0.25) is 4.79 Å². The highest BCUT2D eigenvalue weighted by Crippen LogP contribution is 2.34. The Balaban J connectivity index is 1.61. The van der Waals surface area contributed by atoms with Gasteiger partial charge in [-0.2, -0.15) is 0 Å². The number of para-hydroxylation sites is 1. The number of aromatic nitrogens is 1. The molecule has 0 unspecified atom stereocenters. The Morgan fingerprint density at radius 1 is 1.09 bits per heavy atom. The molecule has 0 aliphatic rings. The van der Waals surface area contributed by atoms with Gasteiger partial charge in [-0.15, -0.1) is 11.3 Å². The van der Waals surface area contributed by atoms with Gasteiger partial charge < -0.3 is 14.6 Å². The molecule has 0 atom stereocenters. The van der Waals surface area contributed by atoms with Crippen LogP contribution in [-0.4, -0.2) is 23.2 Å². The van der Waals surface area contributed by atoms with Crippen LogP contribution in [-0.2, 0) is 11.4 Å². The summed E-state index contributed by atoms with van der Waals surface area (Å²) in [6.07, 6.45) is 1.67. The fourth-order valence-electron chi connectivity index (χ4n) is 3.25. The summed E-state index contributed by atoms with van der Waals surface area (Å²) in [5.41, 5.74) is 3.04. The molecule has 33 heavy (non-hydrogen) atoms. The van der Waals surface area contributed by atoms with Crippen molar-refractivity contribution in [2.75, 3.05) is 7.11 Å². The van der Waals surface area contributed by atoms with E-state index in [9.17, 15) is 9.90 Å². The molecule has 168 valence electrons. The smallest absolute Gasteiger partial charge is 0.307 e. The quantitative estimate of drug-likeness (QED) is 0.277. The predicted molar refractivity (Wildman–Crippen MR) is 134 cm³/mol. The van der Waals surface area contributed by atoms with E-state index in [-0.39, 0.29) is 13.0 Å². The van der Waals surface area contributed by atoms with Crippen LogP contribution in [0.1, 0.15) is 22.6 Å². The Kier molecular flexibility index (Phi) is 7.18. The normalized spacial score (nSPS) is 11.5. The van der Waals surface area contributed by atoms with E-state index in [2.05, 4.69) is 4.98 Å². The van der Waals surface area contributed by atoms with Crippen molar-refractivity contribution in [3.8, 4) is 11.5 Å². The minimum atomic E-state index is -0.924. The Bertz CT molecular complexity index is 1320. The summed E-state index contributed by atoms with van der Waals surface area (Å²) in [6, 6.07) is 18.4. The van der Waals surface area contributed by atoms with Gasteiger partial charge >= 0.3 is 5.97 Å². The van der Waals surface area contributed by atoms with E-state index in [1.54, 1.807) is 31.4 Å². The molecule has 3 aromatic carbocycles. The SMILES string of the molecule is COc1cc(/C=C(/CC(=O)O)c2nc3ccccc3s2)ccc1OCc1ccc(Cl)cc1Cl. The van der Waals surface area contributed by atoms with E-state index < -0.39 is 5.97 Å². The van der Waals surface area contributed by atoms with Gasteiger partial charge in [-0.1, -0.05) is 47.5 Å². The van der Waals surface area contributed by atoms with Gasteiger partial charge in [0, 0.05) is 15.6 Å². The number of carboxylic acids is 1. The summed E-state index contributed by atoms with van der Waals surface area (Å²) in [7, 11) is 1.55. The summed E-state index contributed by atoms with van der Waals surface area (Å²) >= 11 is 13.6. The molecule has 0 saturated carbocycles. The Hall–Kier alpha value is -3.06. The van der Waals surface area contributed by atoms with Crippen LogP contribution in [0.3, 0.4) is 0 Å². The Labute approximate surface area is 204 Å². The first kappa shape index (κ1) is 23.1. The molecule has 0 amide bonds. The first-order chi connectivity index (χ1) is 15.9. The lowest BCUT2D eigenvalue weighted by Crippen LogP contribution is -1.99. The third-order valence-electron chi connectivity index (χ3n) is 4.84. The zero-order valence-electron chi connectivity index (χ0n) is 17.5. The molecule has 0 saturated heterocycles. The minimum absolute atomic E-state index is 0.143. The zero-order chi connectivity index (χ0) is 23.4. The van der Waals surface area contributed by atoms with E-state index in [1.165, 1.54) is 11.3 Å². The number of hydrogen-bond acceptors (Lipinski definition) is 5. The lowest BCUT2D eigenvalue weighted by Gasteiger charge is -2.13. The lowest BCUT2D eigenvalue weighted by molar-refractivity contribution is -0.135. The number of thiazole rings is 1. The Morgan fingerprint density at radius 2 is 1.91 bits per heavy atom. The molecule has 0 bridgehead atoms. The molecule has 5 nitrogen and oxygen atoms in total. The van der Waals surface area contributed by atoms with Crippen LogP contribution in [0.2, 0.25) is 10.0 Å². The van der Waals surface area contributed by atoms with E-state index in [0.717, 1.165) is 21.3 Å². The average molecular weight is 500 g/mol. The molecule has 0 radical (unpaired) electrons. The highest BCUT2D eigenvalue weighted by molar-refractivity contribution is 7.19. The summed E-state index contributed by atoms with van der Waals surface area (Å²) in [4.78, 5) is 16.1. The number of rotatable bonds is 8. The van der Waals surface area contributed by atoms with E-state index in [1.807, 2.05) is 42.5 Å². The summed E-state index contributed by atoms with van der Waals surface area (Å²) in [5.74, 6) is 0.139. The van der Waals surface area contributed by atoms with Crippen LogP contribution in [0.25, 0.3) is 21.9 Å². The second-order valence-electron chi connectivity index (χ2n) is 7.16. The van der Waals surface area contributed by atoms with E-state index >= 15 is 0 Å². The molecule has 8 heteroatoms. The maximum atomic E-state index is 11.5. The Morgan fingerprint density at radius 3 is 2.64 bits per heavy atom. The third kappa shape index (κ3) is 5.66. The second kappa shape index (κ2) is 10.3. The van der Waals surface area contributed by atoms with Gasteiger partial charge in [0.05, 0.1) is 23.7 Å². The van der Waals surface area contributed by atoms with Crippen LogP contribution in [0, 0.1) is 0 Å². The van der Waals surface area contributed by atoms with E-state index in [4.69, 9.17) is 32.7 Å². The zero-order valence-corrected chi connectivity index (χ0v) is 19.9. The summed E-state index contributed by atoms with van der Waals surface area (Å²) < 4.78 is 12.4. The van der Waals surface area contributed by atoms with Gasteiger partial charge in [-0.25, -0.2) is 4.98 Å². The number of fused-ring (bicyclic) bond motifs is 1. The van der Waals surface area contributed by atoms with Crippen molar-refractivity contribution in [2.24, 2.45) is 0 Å². The largest absolute Gasteiger partial charge is 0.493 e. The summed E-state index contributed by atoms with van der Waals surface area (Å²) in [5, 5.41) is 11.2. The number of carboxylic acid groups (broad SMARTS) is 1. The molecule has 0 aliphatic heterocycles. The molecule has 4 rings (SSSR count). The third-order valence-corrected chi connectivity index (χ3v) is 6.54. The number of halogens is 2. The fraction of sp³-hybridized carbons (Fsp3) is 0.120. The molecular formula is C25H19Cl2NO4S. The number of aliphatic carboxylic acids is 1. The average Bonchev–Trinajstić information content (AvgIpc) is 3.22. The van der Waals surface area contributed by atoms with Gasteiger partial charge in [0.25, 0.3) is 0 Å². The number of hydrogen-bond donors (Lipinski definition) is 1. The van der Waals surface area contributed by atoms with Gasteiger partial charge in [0.2, 0.25) is 0 Å². The first-order valence-corrected chi connectivity index (χ1v) is 11.5. The van der Waals surface area contributed by atoms with Gasteiger partial charge in [0.15, 0.2) is 11.5 Å².